The van der Waals surface area contributed by atoms with E-state index in [1.807, 2.05) is 36.4 Å². The molecular weight excluding hydrogens is 406 g/mol. The summed E-state index contributed by atoms with van der Waals surface area (Å²) in [7, 11) is 1.61. The summed E-state index contributed by atoms with van der Waals surface area (Å²) in [5, 5.41) is 3.15. The number of hydrogen-bond acceptors (Lipinski definition) is 6. The van der Waals surface area contributed by atoms with Gasteiger partial charge in [-0.15, -0.1) is 0 Å². The Bertz CT molecular complexity index is 1000. The van der Waals surface area contributed by atoms with Gasteiger partial charge in [-0.2, -0.15) is 0 Å². The molecular formula is C25H31N3O4. The number of fused-ring (bicyclic) bond motifs is 4. The molecule has 0 radical (unpaired) electrons. The maximum atomic E-state index is 12.9. The van der Waals surface area contributed by atoms with Gasteiger partial charge in [0.2, 0.25) is 5.88 Å². The Hall–Kier alpha value is -2.80. The number of nitrogens with one attached hydrogen (secondary N) is 1. The highest BCUT2D eigenvalue weighted by Gasteiger charge is 2.41. The third-order valence-corrected chi connectivity index (χ3v) is 7.05. The number of methoxy groups -OCH3 is 1. The number of carbonyl (C=O) groups is 1. The summed E-state index contributed by atoms with van der Waals surface area (Å²) < 4.78 is 17.3. The minimum absolute atomic E-state index is 0.0126. The number of pyridine rings is 1. The molecule has 1 N–H and O–H groups in total. The summed E-state index contributed by atoms with van der Waals surface area (Å²) >= 11 is 0. The van der Waals surface area contributed by atoms with E-state index in [4.69, 9.17) is 14.2 Å². The zero-order valence-electron chi connectivity index (χ0n) is 19.0. The van der Waals surface area contributed by atoms with Crippen molar-refractivity contribution >= 4 is 6.09 Å². The highest BCUT2D eigenvalue weighted by atomic mass is 16.6. The van der Waals surface area contributed by atoms with Gasteiger partial charge in [0.25, 0.3) is 0 Å². The minimum atomic E-state index is -0.340. The van der Waals surface area contributed by atoms with Crippen LogP contribution in [0.5, 0.6) is 11.6 Å². The highest BCUT2D eigenvalue weighted by Crippen LogP contribution is 2.44. The van der Waals surface area contributed by atoms with Gasteiger partial charge in [-0.3, -0.25) is 4.90 Å². The molecule has 2 aromatic rings. The molecule has 4 aliphatic heterocycles. The lowest BCUT2D eigenvalue weighted by atomic mass is 9.78. The molecule has 1 aromatic carbocycles. The van der Waals surface area contributed by atoms with Crippen LogP contribution in [0.1, 0.15) is 38.3 Å². The number of carbonyl (C=O) groups excluding carboxylic acids is 1. The van der Waals surface area contributed by atoms with Crippen molar-refractivity contribution in [1.29, 1.82) is 0 Å². The molecule has 7 nitrogen and oxygen atoms in total. The molecule has 32 heavy (non-hydrogen) atoms. The maximum Gasteiger partial charge on any atom is 0.407 e. The van der Waals surface area contributed by atoms with Crippen molar-refractivity contribution in [3.63, 3.8) is 0 Å². The molecule has 4 aliphatic rings. The van der Waals surface area contributed by atoms with Crippen LogP contribution in [0.3, 0.4) is 0 Å². The molecule has 7 heteroatoms. The lowest BCUT2D eigenvalue weighted by Gasteiger charge is -2.44. The summed E-state index contributed by atoms with van der Waals surface area (Å²) in [6, 6.07) is 11.5. The van der Waals surface area contributed by atoms with E-state index >= 15 is 0 Å². The summed E-state index contributed by atoms with van der Waals surface area (Å²) in [6.45, 7) is 7.80. The summed E-state index contributed by atoms with van der Waals surface area (Å²) in [4.78, 5) is 19.8. The van der Waals surface area contributed by atoms with Gasteiger partial charge < -0.3 is 19.5 Å². The summed E-state index contributed by atoms with van der Waals surface area (Å²) in [5.74, 6) is 1.82. The van der Waals surface area contributed by atoms with Crippen LogP contribution in [-0.4, -0.2) is 55.4 Å². The topological polar surface area (TPSA) is 72.9 Å². The van der Waals surface area contributed by atoms with Gasteiger partial charge in [0.1, 0.15) is 11.9 Å². The number of aromatic nitrogens is 1. The Labute approximate surface area is 189 Å². The van der Waals surface area contributed by atoms with Gasteiger partial charge in [-0.1, -0.05) is 32.0 Å². The molecule has 3 saturated heterocycles. The number of nitrogens with zero attached hydrogens (tertiary/aromatic N) is 2. The van der Waals surface area contributed by atoms with Crippen molar-refractivity contribution in [2.24, 2.45) is 11.3 Å². The van der Waals surface area contributed by atoms with Crippen LogP contribution in [-0.2, 0) is 4.74 Å². The van der Waals surface area contributed by atoms with Gasteiger partial charge in [-0.05, 0) is 44.0 Å². The lowest BCUT2D eigenvalue weighted by Crippen LogP contribution is -2.53. The van der Waals surface area contributed by atoms with Crippen LogP contribution in [0.15, 0.2) is 36.4 Å². The molecule has 2 atom stereocenters. The molecule has 0 saturated carbocycles. The average Bonchev–Trinajstić information content (AvgIpc) is 2.81. The number of rotatable bonds is 4. The third-order valence-electron chi connectivity index (χ3n) is 7.05. The predicted octanol–water partition coefficient (Wildman–Crippen LogP) is 4.04. The van der Waals surface area contributed by atoms with E-state index in [2.05, 4.69) is 29.0 Å². The van der Waals surface area contributed by atoms with E-state index in [0.29, 0.717) is 18.4 Å². The normalized spacial score (nSPS) is 27.7. The molecule has 6 rings (SSSR count). The van der Waals surface area contributed by atoms with E-state index in [1.54, 1.807) is 7.11 Å². The number of benzene rings is 1. The van der Waals surface area contributed by atoms with Crippen molar-refractivity contribution in [2.75, 3.05) is 33.4 Å². The zero-order chi connectivity index (χ0) is 22.3. The van der Waals surface area contributed by atoms with Crippen LogP contribution in [0, 0.1) is 11.3 Å². The molecule has 5 heterocycles. The Morgan fingerprint density at radius 3 is 2.75 bits per heavy atom. The van der Waals surface area contributed by atoms with Crippen LogP contribution < -0.4 is 14.8 Å². The number of piperidine rings is 3. The van der Waals surface area contributed by atoms with E-state index < -0.39 is 0 Å². The first-order valence-electron chi connectivity index (χ1n) is 11.4. The Morgan fingerprint density at radius 1 is 1.22 bits per heavy atom. The summed E-state index contributed by atoms with van der Waals surface area (Å²) in [5.41, 5.74) is 2.44. The highest BCUT2D eigenvalue weighted by molar-refractivity contribution is 5.70. The first-order chi connectivity index (χ1) is 15.4. The Morgan fingerprint density at radius 2 is 2.03 bits per heavy atom. The number of hydrogen-bond donors (Lipinski definition) is 1. The van der Waals surface area contributed by atoms with Gasteiger partial charge in [0, 0.05) is 29.2 Å². The minimum Gasteiger partial charge on any atom is -0.493 e. The van der Waals surface area contributed by atoms with Crippen molar-refractivity contribution in [2.45, 2.75) is 38.8 Å². The van der Waals surface area contributed by atoms with Crippen LogP contribution >= 0.6 is 0 Å². The van der Waals surface area contributed by atoms with Crippen LogP contribution in [0.25, 0.3) is 11.3 Å². The maximum absolute atomic E-state index is 12.9. The molecule has 1 amide bonds. The molecule has 2 bridgehead atoms. The second kappa shape index (κ2) is 8.28. The molecule has 170 valence electrons. The fourth-order valence-corrected chi connectivity index (χ4v) is 5.12. The third kappa shape index (κ3) is 4.01. The van der Waals surface area contributed by atoms with E-state index in [9.17, 15) is 4.79 Å². The zero-order valence-corrected chi connectivity index (χ0v) is 19.0. The monoisotopic (exact) mass is 437 g/mol. The predicted molar refractivity (Wildman–Crippen MR) is 121 cm³/mol. The fraction of sp³-hybridized carbons (Fsp3) is 0.520. The van der Waals surface area contributed by atoms with Gasteiger partial charge in [0.15, 0.2) is 0 Å². The lowest BCUT2D eigenvalue weighted by molar-refractivity contribution is -0.0361. The van der Waals surface area contributed by atoms with Crippen LogP contribution in [0.4, 0.5) is 4.79 Å². The van der Waals surface area contributed by atoms with Gasteiger partial charge >= 0.3 is 6.09 Å². The number of amides is 1. The molecule has 0 aliphatic carbocycles. The molecule has 1 aromatic heterocycles. The molecule has 0 spiro atoms. The largest absolute Gasteiger partial charge is 0.493 e. The van der Waals surface area contributed by atoms with Crippen molar-refractivity contribution in [3.8, 4) is 22.9 Å². The smallest absolute Gasteiger partial charge is 0.407 e. The summed E-state index contributed by atoms with van der Waals surface area (Å²) in [6.07, 6.45) is 1.88. The SMILES string of the molecule is COc1cccc(-c2ccc3c(c2)OCC(C)(C)C3NC(=O)O[C@H]2CN3CCC2CC3)n1. The van der Waals surface area contributed by atoms with Gasteiger partial charge in [0.05, 0.1) is 25.5 Å². The standard InChI is InChI=1S/C25H31N3O4/c1-25(2)15-31-20-13-17(19-5-4-6-22(26-19)30-3)7-8-18(20)23(25)27-24(29)32-21-14-28-11-9-16(21)10-12-28/h4-8,13,16,21,23H,9-12,14-15H2,1-3H3,(H,27,29)/t21-,23?/m0/s1. The first-order valence-corrected chi connectivity index (χ1v) is 11.4. The second-order valence-electron chi connectivity index (χ2n) is 9.75. The van der Waals surface area contributed by atoms with Crippen molar-refractivity contribution in [3.05, 3.63) is 42.0 Å². The van der Waals surface area contributed by atoms with Crippen molar-refractivity contribution < 1.29 is 19.0 Å². The van der Waals surface area contributed by atoms with Gasteiger partial charge in [-0.25, -0.2) is 9.78 Å². The number of alkyl carbamates (subject to hydrolysis) is 1. The number of ether oxygens (including phenoxy) is 3. The van der Waals surface area contributed by atoms with E-state index in [1.165, 1.54) is 0 Å². The fourth-order valence-electron chi connectivity index (χ4n) is 5.12. The molecule has 1 unspecified atom stereocenters. The Balaban J connectivity index is 1.35. The molecule has 3 fully saturated rings. The quantitative estimate of drug-likeness (QED) is 0.778. The first kappa shape index (κ1) is 21.1. The van der Waals surface area contributed by atoms with E-state index in [0.717, 1.165) is 55.0 Å². The van der Waals surface area contributed by atoms with Crippen molar-refractivity contribution in [1.82, 2.24) is 15.2 Å². The van der Waals surface area contributed by atoms with E-state index in [-0.39, 0.29) is 23.7 Å². The van der Waals surface area contributed by atoms with Crippen LogP contribution in [0.2, 0.25) is 0 Å². The second-order valence-corrected chi connectivity index (χ2v) is 9.75. The Kier molecular flexibility index (Phi) is 5.45. The average molecular weight is 438 g/mol.